The van der Waals surface area contributed by atoms with Crippen LogP contribution < -0.4 is 5.32 Å². The van der Waals surface area contributed by atoms with Crippen LogP contribution in [0.3, 0.4) is 0 Å². The Hall–Kier alpha value is -1.15. The third-order valence-electron chi connectivity index (χ3n) is 3.02. The van der Waals surface area contributed by atoms with Crippen molar-refractivity contribution in [3.05, 3.63) is 35.4 Å². The Morgan fingerprint density at radius 2 is 1.93 bits per heavy atom. The topological polar surface area (TPSA) is 29.1 Å². The Morgan fingerprint density at radius 3 is 2.43 bits per heavy atom. The van der Waals surface area contributed by atoms with Crippen molar-refractivity contribution < 1.29 is 4.79 Å². The first-order valence-electron chi connectivity index (χ1n) is 4.98. The Bertz CT molecular complexity index is 355. The van der Waals surface area contributed by atoms with Gasteiger partial charge in [0.1, 0.15) is 5.54 Å². The van der Waals surface area contributed by atoms with Crippen LogP contribution in [0.5, 0.6) is 0 Å². The summed E-state index contributed by atoms with van der Waals surface area (Å²) in [6.45, 7) is 4.81. The molecule has 0 amide bonds. The third kappa shape index (κ3) is 1.36. The molecule has 0 saturated carbocycles. The zero-order valence-corrected chi connectivity index (χ0v) is 8.63. The maximum atomic E-state index is 11.7. The number of nitrogens with one attached hydrogen (secondary N) is 1. The molecule has 0 radical (unpaired) electrons. The molecule has 1 atom stereocenters. The van der Waals surface area contributed by atoms with E-state index in [1.165, 1.54) is 5.56 Å². The van der Waals surface area contributed by atoms with Crippen molar-refractivity contribution in [1.29, 1.82) is 0 Å². The fraction of sp³-hybridized carbons (Fsp3) is 0.417. The fourth-order valence-corrected chi connectivity index (χ4v) is 1.92. The van der Waals surface area contributed by atoms with Gasteiger partial charge in [-0.3, -0.25) is 4.79 Å². The number of carbonyl (C=O) groups is 1. The van der Waals surface area contributed by atoms with Gasteiger partial charge in [0, 0.05) is 13.0 Å². The Kier molecular flexibility index (Phi) is 2.16. The fourth-order valence-electron chi connectivity index (χ4n) is 1.92. The average molecular weight is 189 g/mol. The van der Waals surface area contributed by atoms with E-state index in [9.17, 15) is 4.79 Å². The van der Waals surface area contributed by atoms with Gasteiger partial charge in [0.05, 0.1) is 0 Å². The van der Waals surface area contributed by atoms with Crippen molar-refractivity contribution in [2.75, 3.05) is 6.54 Å². The number of ketones is 1. The zero-order chi connectivity index (χ0) is 10.2. The third-order valence-corrected chi connectivity index (χ3v) is 3.02. The van der Waals surface area contributed by atoms with Crippen LogP contribution in [0.15, 0.2) is 24.3 Å². The number of hydrogen-bond donors (Lipinski definition) is 1. The van der Waals surface area contributed by atoms with Crippen LogP contribution in [0, 0.1) is 6.92 Å². The van der Waals surface area contributed by atoms with E-state index in [-0.39, 0.29) is 0 Å². The molecule has 1 fully saturated rings. The number of Topliss-reactive ketones (excluding diaryl/α,β-unsaturated/α-hetero) is 1. The van der Waals surface area contributed by atoms with Crippen molar-refractivity contribution in [1.82, 2.24) is 5.32 Å². The van der Waals surface area contributed by atoms with Gasteiger partial charge in [-0.1, -0.05) is 29.8 Å². The van der Waals surface area contributed by atoms with Gasteiger partial charge in [-0.15, -0.1) is 0 Å². The van der Waals surface area contributed by atoms with Crippen molar-refractivity contribution in [2.45, 2.75) is 25.8 Å². The molecule has 74 valence electrons. The summed E-state index contributed by atoms with van der Waals surface area (Å²) >= 11 is 0. The lowest BCUT2D eigenvalue weighted by Crippen LogP contribution is -2.38. The molecule has 0 aliphatic carbocycles. The highest BCUT2D eigenvalue weighted by atomic mass is 16.1. The number of rotatable bonds is 1. The van der Waals surface area contributed by atoms with Gasteiger partial charge >= 0.3 is 0 Å². The summed E-state index contributed by atoms with van der Waals surface area (Å²) in [5.74, 6) is 0.293. The predicted octanol–water partition coefficient (Wildman–Crippen LogP) is 1.77. The van der Waals surface area contributed by atoms with E-state index < -0.39 is 5.54 Å². The monoisotopic (exact) mass is 189 g/mol. The van der Waals surface area contributed by atoms with Gasteiger partial charge in [-0.05, 0) is 19.4 Å². The van der Waals surface area contributed by atoms with Crippen LogP contribution in [0.4, 0.5) is 0 Å². The van der Waals surface area contributed by atoms with E-state index in [1.807, 2.05) is 31.2 Å². The lowest BCUT2D eigenvalue weighted by Gasteiger charge is -2.23. The highest BCUT2D eigenvalue weighted by Crippen LogP contribution is 2.27. The molecule has 0 spiro atoms. The van der Waals surface area contributed by atoms with Crippen molar-refractivity contribution in [3.8, 4) is 0 Å². The maximum absolute atomic E-state index is 11.7. The van der Waals surface area contributed by atoms with Gasteiger partial charge in [0.2, 0.25) is 0 Å². The first-order valence-corrected chi connectivity index (χ1v) is 4.98. The van der Waals surface area contributed by atoms with Crippen LogP contribution >= 0.6 is 0 Å². The highest BCUT2D eigenvalue weighted by Gasteiger charge is 2.38. The van der Waals surface area contributed by atoms with E-state index in [0.29, 0.717) is 12.2 Å². The van der Waals surface area contributed by atoms with Crippen molar-refractivity contribution >= 4 is 5.78 Å². The first kappa shape index (κ1) is 9.41. The Balaban J connectivity index is 2.38. The summed E-state index contributed by atoms with van der Waals surface area (Å²) in [4.78, 5) is 11.7. The lowest BCUT2D eigenvalue weighted by atomic mass is 9.89. The van der Waals surface area contributed by atoms with Crippen molar-refractivity contribution in [3.63, 3.8) is 0 Å². The van der Waals surface area contributed by atoms with E-state index in [2.05, 4.69) is 12.2 Å². The molecule has 2 heteroatoms. The molecule has 0 bridgehead atoms. The number of aryl methyl sites for hydroxylation is 1. The summed E-state index contributed by atoms with van der Waals surface area (Å²) in [6.07, 6.45) is 0.643. The molecule has 2 rings (SSSR count). The van der Waals surface area contributed by atoms with E-state index in [1.54, 1.807) is 0 Å². The van der Waals surface area contributed by atoms with Gasteiger partial charge in [0.25, 0.3) is 0 Å². The zero-order valence-electron chi connectivity index (χ0n) is 8.63. The maximum Gasteiger partial charge on any atom is 0.158 e. The van der Waals surface area contributed by atoms with Crippen molar-refractivity contribution in [2.24, 2.45) is 0 Å². The summed E-state index contributed by atoms with van der Waals surface area (Å²) in [6, 6.07) is 8.17. The largest absolute Gasteiger partial charge is 0.301 e. The molecule has 2 nitrogen and oxygen atoms in total. The lowest BCUT2D eigenvalue weighted by molar-refractivity contribution is -0.122. The van der Waals surface area contributed by atoms with E-state index in [4.69, 9.17) is 0 Å². The molecule has 1 unspecified atom stereocenters. The second-order valence-electron chi connectivity index (χ2n) is 4.09. The predicted molar refractivity (Wildman–Crippen MR) is 56.2 cm³/mol. The Morgan fingerprint density at radius 1 is 1.29 bits per heavy atom. The second kappa shape index (κ2) is 3.21. The molecular formula is C12H15NO. The molecule has 1 aliphatic rings. The van der Waals surface area contributed by atoms with Gasteiger partial charge < -0.3 is 5.32 Å². The summed E-state index contributed by atoms with van der Waals surface area (Å²) in [7, 11) is 0. The first-order chi connectivity index (χ1) is 6.63. The van der Waals surface area contributed by atoms with Crippen LogP contribution in [0.1, 0.15) is 24.5 Å². The molecule has 1 N–H and O–H groups in total. The number of carbonyl (C=O) groups excluding carboxylic acids is 1. The SMILES string of the molecule is Cc1ccc(C2(C)NCCC2=O)cc1. The number of hydrogen-bond acceptors (Lipinski definition) is 2. The summed E-state index contributed by atoms with van der Waals surface area (Å²) < 4.78 is 0. The van der Waals surface area contributed by atoms with Gasteiger partial charge in [0.15, 0.2) is 5.78 Å². The van der Waals surface area contributed by atoms with Crippen LogP contribution in [0.25, 0.3) is 0 Å². The quantitative estimate of drug-likeness (QED) is 0.729. The molecule has 1 saturated heterocycles. The molecule has 0 aromatic heterocycles. The smallest absolute Gasteiger partial charge is 0.158 e. The molecule has 14 heavy (non-hydrogen) atoms. The molecule has 1 aliphatic heterocycles. The average Bonchev–Trinajstić information content (AvgIpc) is 2.49. The molecule has 1 aromatic carbocycles. The van der Waals surface area contributed by atoms with Gasteiger partial charge in [-0.2, -0.15) is 0 Å². The summed E-state index contributed by atoms with van der Waals surface area (Å²) in [5, 5.41) is 3.27. The van der Waals surface area contributed by atoms with E-state index >= 15 is 0 Å². The van der Waals surface area contributed by atoms with Crippen LogP contribution in [-0.2, 0) is 10.3 Å². The van der Waals surface area contributed by atoms with Crippen LogP contribution in [0.2, 0.25) is 0 Å². The van der Waals surface area contributed by atoms with E-state index in [0.717, 1.165) is 12.1 Å². The minimum atomic E-state index is -0.451. The minimum absolute atomic E-state index is 0.293. The molecule has 1 aromatic rings. The Labute approximate surface area is 84.3 Å². The minimum Gasteiger partial charge on any atom is -0.301 e. The normalized spacial score (nSPS) is 26.9. The summed E-state index contributed by atoms with van der Waals surface area (Å²) in [5.41, 5.74) is 1.85. The number of benzene rings is 1. The van der Waals surface area contributed by atoms with Gasteiger partial charge in [-0.25, -0.2) is 0 Å². The highest BCUT2D eigenvalue weighted by molar-refractivity contribution is 5.91. The standard InChI is InChI=1S/C12H15NO/c1-9-3-5-10(6-4-9)12(2)11(14)7-8-13-12/h3-6,13H,7-8H2,1-2H3. The second-order valence-corrected chi connectivity index (χ2v) is 4.09. The van der Waals surface area contributed by atoms with Crippen LogP contribution in [-0.4, -0.2) is 12.3 Å². The molecule has 1 heterocycles. The molecular weight excluding hydrogens is 174 g/mol.